The summed E-state index contributed by atoms with van der Waals surface area (Å²) in [5.74, 6) is -1.29. The van der Waals surface area contributed by atoms with Gasteiger partial charge in [-0.2, -0.15) is 0 Å². The molecule has 4 rings (SSSR count). The molecule has 3 heterocycles. The molecule has 2 aromatic heterocycles. The quantitative estimate of drug-likeness (QED) is 0.501. The maximum absolute atomic E-state index is 14.7. The van der Waals surface area contributed by atoms with Crippen LogP contribution in [0.4, 0.5) is 15.8 Å². The van der Waals surface area contributed by atoms with E-state index in [9.17, 15) is 14.0 Å². The van der Waals surface area contributed by atoms with Crippen LogP contribution < -0.4 is 21.3 Å². The van der Waals surface area contributed by atoms with Crippen molar-refractivity contribution in [3.8, 4) is 11.3 Å². The van der Waals surface area contributed by atoms with Crippen LogP contribution in [0.3, 0.4) is 0 Å². The van der Waals surface area contributed by atoms with Gasteiger partial charge in [-0.25, -0.2) is 9.37 Å². The van der Waals surface area contributed by atoms with Crippen molar-refractivity contribution in [1.82, 2.24) is 15.3 Å². The molecule has 2 amide bonds. The van der Waals surface area contributed by atoms with Gasteiger partial charge in [-0.3, -0.25) is 14.6 Å². The number of nitrogens with one attached hydrogen (secondary N) is 2. The first kappa shape index (κ1) is 24.3. The number of piperidine rings is 1. The highest BCUT2D eigenvalue weighted by molar-refractivity contribution is 6.05. The molecule has 1 atom stereocenters. The van der Waals surface area contributed by atoms with E-state index >= 15 is 0 Å². The third-order valence-corrected chi connectivity index (χ3v) is 5.75. The van der Waals surface area contributed by atoms with Gasteiger partial charge in [0, 0.05) is 42.5 Å². The SMILES string of the molecule is CC(C)NC(=O)c1ccc(F)c(-c2cccc(C(=O)Nc3cnccc3N3CCC[C@H](N)C3)n2)c1. The summed E-state index contributed by atoms with van der Waals surface area (Å²) in [6.07, 6.45) is 5.21. The minimum atomic E-state index is -0.535. The minimum Gasteiger partial charge on any atom is -0.368 e. The summed E-state index contributed by atoms with van der Waals surface area (Å²) in [6.45, 7) is 5.23. The number of hydrogen-bond acceptors (Lipinski definition) is 6. The number of anilines is 2. The Balaban J connectivity index is 1.58. The molecule has 0 spiro atoms. The topological polar surface area (TPSA) is 113 Å². The highest BCUT2D eigenvalue weighted by Crippen LogP contribution is 2.28. The summed E-state index contributed by atoms with van der Waals surface area (Å²) in [5, 5.41) is 5.66. The molecule has 4 N–H and O–H groups in total. The van der Waals surface area contributed by atoms with Crippen LogP contribution in [0, 0.1) is 5.82 Å². The Hall–Kier alpha value is -3.85. The molecule has 3 aromatic rings. The summed E-state index contributed by atoms with van der Waals surface area (Å²) in [4.78, 5) is 36.1. The highest BCUT2D eigenvalue weighted by Gasteiger charge is 2.21. The lowest BCUT2D eigenvalue weighted by Crippen LogP contribution is -2.43. The van der Waals surface area contributed by atoms with Gasteiger partial charge in [0.15, 0.2) is 0 Å². The van der Waals surface area contributed by atoms with Crippen molar-refractivity contribution in [3.05, 3.63) is 71.9 Å². The summed E-state index contributed by atoms with van der Waals surface area (Å²) >= 11 is 0. The zero-order valence-corrected chi connectivity index (χ0v) is 19.8. The molecule has 1 aliphatic heterocycles. The van der Waals surface area contributed by atoms with Crippen molar-refractivity contribution in [3.63, 3.8) is 0 Å². The van der Waals surface area contributed by atoms with E-state index in [0.29, 0.717) is 17.8 Å². The van der Waals surface area contributed by atoms with E-state index in [1.807, 2.05) is 19.9 Å². The second-order valence-corrected chi connectivity index (χ2v) is 8.93. The molecule has 1 aromatic carbocycles. The first-order valence-corrected chi connectivity index (χ1v) is 11.7. The minimum absolute atomic E-state index is 0.0563. The first-order valence-electron chi connectivity index (χ1n) is 11.7. The van der Waals surface area contributed by atoms with Gasteiger partial charge in [0.2, 0.25) is 0 Å². The molecule has 1 saturated heterocycles. The number of hydrogen-bond donors (Lipinski definition) is 3. The van der Waals surface area contributed by atoms with E-state index < -0.39 is 11.7 Å². The molecule has 1 fully saturated rings. The number of amides is 2. The fourth-order valence-electron chi connectivity index (χ4n) is 4.09. The lowest BCUT2D eigenvalue weighted by Gasteiger charge is -2.33. The van der Waals surface area contributed by atoms with Crippen molar-refractivity contribution in [2.75, 3.05) is 23.3 Å². The molecule has 0 saturated carbocycles. The Morgan fingerprint density at radius 1 is 1.17 bits per heavy atom. The number of pyridine rings is 2. The fraction of sp³-hybridized carbons (Fsp3) is 0.308. The second kappa shape index (κ2) is 10.6. The summed E-state index contributed by atoms with van der Waals surface area (Å²) in [6, 6.07) is 10.7. The maximum atomic E-state index is 14.7. The molecule has 0 radical (unpaired) electrons. The predicted molar refractivity (Wildman–Crippen MR) is 134 cm³/mol. The maximum Gasteiger partial charge on any atom is 0.274 e. The van der Waals surface area contributed by atoms with Gasteiger partial charge in [0.1, 0.15) is 11.5 Å². The number of rotatable bonds is 6. The lowest BCUT2D eigenvalue weighted by atomic mass is 10.1. The van der Waals surface area contributed by atoms with Crippen LogP contribution in [0.1, 0.15) is 47.5 Å². The van der Waals surface area contributed by atoms with Crippen LogP contribution in [0.15, 0.2) is 54.9 Å². The number of nitrogens with two attached hydrogens (primary N) is 1. The van der Waals surface area contributed by atoms with Crippen LogP contribution in [-0.4, -0.2) is 47.0 Å². The lowest BCUT2D eigenvalue weighted by molar-refractivity contribution is 0.0942. The van der Waals surface area contributed by atoms with E-state index in [2.05, 4.69) is 25.5 Å². The van der Waals surface area contributed by atoms with Gasteiger partial charge in [-0.15, -0.1) is 0 Å². The zero-order valence-electron chi connectivity index (χ0n) is 19.8. The van der Waals surface area contributed by atoms with Crippen molar-refractivity contribution >= 4 is 23.2 Å². The molecule has 35 heavy (non-hydrogen) atoms. The average molecular weight is 477 g/mol. The number of aromatic nitrogens is 2. The number of nitrogens with zero attached hydrogens (tertiary/aromatic N) is 3. The van der Waals surface area contributed by atoms with Crippen LogP contribution in [0.25, 0.3) is 11.3 Å². The van der Waals surface area contributed by atoms with Crippen molar-refractivity contribution in [2.24, 2.45) is 5.73 Å². The number of carbonyl (C=O) groups is 2. The summed E-state index contributed by atoms with van der Waals surface area (Å²) in [7, 11) is 0. The van der Waals surface area contributed by atoms with Gasteiger partial charge < -0.3 is 21.3 Å². The van der Waals surface area contributed by atoms with E-state index in [4.69, 9.17) is 5.73 Å². The Kier molecular flexibility index (Phi) is 7.36. The largest absolute Gasteiger partial charge is 0.368 e. The van der Waals surface area contributed by atoms with E-state index in [1.54, 1.807) is 30.6 Å². The predicted octanol–water partition coefficient (Wildman–Crippen LogP) is 3.60. The van der Waals surface area contributed by atoms with Crippen LogP contribution in [0.2, 0.25) is 0 Å². The molecular formula is C26H29FN6O2. The fourth-order valence-corrected chi connectivity index (χ4v) is 4.09. The molecule has 0 aliphatic carbocycles. The Bertz CT molecular complexity index is 1230. The number of carbonyl (C=O) groups excluding carboxylic acids is 2. The monoisotopic (exact) mass is 476 g/mol. The van der Waals surface area contributed by atoms with Crippen molar-refractivity contribution < 1.29 is 14.0 Å². The Morgan fingerprint density at radius 3 is 2.77 bits per heavy atom. The first-order chi connectivity index (χ1) is 16.8. The van der Waals surface area contributed by atoms with Crippen molar-refractivity contribution in [1.29, 1.82) is 0 Å². The Morgan fingerprint density at radius 2 is 2.00 bits per heavy atom. The molecule has 0 unspecified atom stereocenters. The molecule has 9 heteroatoms. The van der Waals surface area contributed by atoms with E-state index in [-0.39, 0.29) is 34.9 Å². The van der Waals surface area contributed by atoms with Crippen molar-refractivity contribution in [2.45, 2.75) is 38.8 Å². The highest BCUT2D eigenvalue weighted by atomic mass is 19.1. The molecular weight excluding hydrogens is 447 g/mol. The zero-order chi connectivity index (χ0) is 24.9. The normalized spacial score (nSPS) is 15.7. The van der Waals surface area contributed by atoms with Gasteiger partial charge >= 0.3 is 0 Å². The third-order valence-electron chi connectivity index (χ3n) is 5.75. The smallest absolute Gasteiger partial charge is 0.274 e. The summed E-state index contributed by atoms with van der Waals surface area (Å²) in [5.41, 5.74) is 8.35. The van der Waals surface area contributed by atoms with E-state index in [0.717, 1.165) is 25.1 Å². The second-order valence-electron chi connectivity index (χ2n) is 8.93. The molecule has 182 valence electrons. The van der Waals surface area contributed by atoms with Gasteiger partial charge in [-0.1, -0.05) is 6.07 Å². The average Bonchev–Trinajstić information content (AvgIpc) is 2.84. The van der Waals surface area contributed by atoms with Crippen LogP contribution in [0.5, 0.6) is 0 Å². The molecule has 8 nitrogen and oxygen atoms in total. The molecule has 0 bridgehead atoms. The molecule has 1 aliphatic rings. The van der Waals surface area contributed by atoms with Crippen LogP contribution in [-0.2, 0) is 0 Å². The van der Waals surface area contributed by atoms with Crippen LogP contribution >= 0.6 is 0 Å². The van der Waals surface area contributed by atoms with Gasteiger partial charge in [0.25, 0.3) is 11.8 Å². The standard InChI is InChI=1S/C26H29FN6O2/c1-16(2)30-25(34)17-8-9-20(27)19(13-17)21-6-3-7-22(31-21)26(35)32-23-14-29-11-10-24(23)33-12-4-5-18(28)15-33/h3,6-11,13-14,16,18H,4-5,12,15,28H2,1-2H3,(H,30,34)(H,32,35)/t18-/m0/s1. The Labute approximate surface area is 203 Å². The third kappa shape index (κ3) is 5.81. The number of benzene rings is 1. The van der Waals surface area contributed by atoms with Gasteiger partial charge in [-0.05, 0) is 63.1 Å². The number of halogens is 1. The van der Waals surface area contributed by atoms with E-state index in [1.165, 1.54) is 18.2 Å². The van der Waals surface area contributed by atoms with Gasteiger partial charge in [0.05, 0.1) is 23.3 Å². The summed E-state index contributed by atoms with van der Waals surface area (Å²) < 4.78 is 14.7.